The molecule has 0 atom stereocenters. The largest absolute Gasteiger partial charge is 0.255 e. The van der Waals surface area contributed by atoms with E-state index < -0.39 is 0 Å². The second-order valence-electron chi connectivity index (χ2n) is 2.43. The molecule has 58 valence electrons. The summed E-state index contributed by atoms with van der Waals surface area (Å²) in [7, 11) is 0. The molecule has 1 aliphatic rings. The Balaban J connectivity index is 2.54. The number of hydrogen-bond acceptors (Lipinski definition) is 2. The molecule has 2 heteroatoms. The van der Waals surface area contributed by atoms with Gasteiger partial charge in [-0.25, -0.2) is 0 Å². The lowest BCUT2D eigenvalue weighted by Gasteiger charge is -1.98. The first kappa shape index (κ1) is 6.98. The third-order valence-electron chi connectivity index (χ3n) is 1.59. The highest BCUT2D eigenvalue weighted by molar-refractivity contribution is 5.88. The second-order valence-corrected chi connectivity index (χ2v) is 2.43. The molecular formula is C10H8N2. The van der Waals surface area contributed by atoms with Crippen molar-refractivity contribution >= 4 is 23.8 Å². The zero-order valence-corrected chi connectivity index (χ0v) is 6.51. The maximum atomic E-state index is 4.22. The SMILES string of the molecule is C1=C\C=N/c2ccccc2\N=C/1. The van der Waals surface area contributed by atoms with E-state index in [9.17, 15) is 0 Å². The van der Waals surface area contributed by atoms with Gasteiger partial charge in [0.1, 0.15) is 0 Å². The van der Waals surface area contributed by atoms with Crippen molar-refractivity contribution in [3.8, 4) is 0 Å². The zero-order chi connectivity index (χ0) is 8.23. The van der Waals surface area contributed by atoms with Gasteiger partial charge in [-0.15, -0.1) is 0 Å². The van der Waals surface area contributed by atoms with E-state index in [2.05, 4.69) is 9.98 Å². The van der Waals surface area contributed by atoms with Crippen molar-refractivity contribution in [2.45, 2.75) is 0 Å². The van der Waals surface area contributed by atoms with Crippen LogP contribution in [-0.4, -0.2) is 12.4 Å². The average Bonchev–Trinajstić information content (AvgIpc) is 2.06. The molecular weight excluding hydrogens is 148 g/mol. The fourth-order valence-corrected chi connectivity index (χ4v) is 1.03. The van der Waals surface area contributed by atoms with Gasteiger partial charge in [-0.2, -0.15) is 0 Å². The van der Waals surface area contributed by atoms with Crippen LogP contribution in [0, 0.1) is 0 Å². The highest BCUT2D eigenvalue weighted by atomic mass is 14.8. The fraction of sp³-hybridized carbons (Fsp3) is 0. The smallest absolute Gasteiger partial charge is 0.0886 e. The van der Waals surface area contributed by atoms with E-state index in [1.54, 1.807) is 12.4 Å². The molecule has 1 aliphatic heterocycles. The van der Waals surface area contributed by atoms with Gasteiger partial charge in [0.15, 0.2) is 0 Å². The number of fused-ring (bicyclic) bond motifs is 1. The van der Waals surface area contributed by atoms with Gasteiger partial charge < -0.3 is 0 Å². The van der Waals surface area contributed by atoms with E-state index in [1.165, 1.54) is 0 Å². The van der Waals surface area contributed by atoms with E-state index >= 15 is 0 Å². The van der Waals surface area contributed by atoms with Gasteiger partial charge in [0.2, 0.25) is 0 Å². The zero-order valence-electron chi connectivity index (χ0n) is 6.51. The standard InChI is InChI=1S/C10H8N2/c1-2-6-10-9(5-1)11-7-3-4-8-12-10/h1-8H/b4-3-,7-3?,8-4?,11-7-,11-9?,12-8-,12-10?. The third-order valence-corrected chi connectivity index (χ3v) is 1.59. The molecule has 1 aromatic rings. The summed E-state index contributed by atoms with van der Waals surface area (Å²) in [6.45, 7) is 0. The second kappa shape index (κ2) is 3.13. The van der Waals surface area contributed by atoms with E-state index in [0.29, 0.717) is 0 Å². The highest BCUT2D eigenvalue weighted by Gasteiger charge is 1.95. The van der Waals surface area contributed by atoms with E-state index in [1.807, 2.05) is 36.4 Å². The Labute approximate surface area is 71.0 Å². The molecule has 0 fully saturated rings. The Morgan fingerprint density at radius 3 is 1.75 bits per heavy atom. The van der Waals surface area contributed by atoms with E-state index in [4.69, 9.17) is 0 Å². The Bertz CT molecular complexity index is 327. The topological polar surface area (TPSA) is 24.7 Å². The third kappa shape index (κ3) is 1.32. The van der Waals surface area contributed by atoms with Crippen molar-refractivity contribution in [2.75, 3.05) is 0 Å². The predicted molar refractivity (Wildman–Crippen MR) is 51.9 cm³/mol. The highest BCUT2D eigenvalue weighted by Crippen LogP contribution is 2.26. The van der Waals surface area contributed by atoms with Gasteiger partial charge in [-0.3, -0.25) is 9.98 Å². The first-order valence-corrected chi connectivity index (χ1v) is 3.79. The van der Waals surface area contributed by atoms with Crippen LogP contribution in [0.5, 0.6) is 0 Å². The fourth-order valence-electron chi connectivity index (χ4n) is 1.03. The number of hydrogen-bond donors (Lipinski definition) is 0. The molecule has 0 aromatic heterocycles. The number of rotatable bonds is 0. The molecule has 0 saturated heterocycles. The van der Waals surface area contributed by atoms with Crippen molar-refractivity contribution in [3.05, 3.63) is 36.4 Å². The molecule has 12 heavy (non-hydrogen) atoms. The molecule has 0 bridgehead atoms. The number of aliphatic imine (C=N–C) groups is 2. The van der Waals surface area contributed by atoms with Gasteiger partial charge in [0.05, 0.1) is 11.4 Å². The molecule has 0 unspecified atom stereocenters. The normalized spacial score (nSPS) is 21.7. The monoisotopic (exact) mass is 156 g/mol. The Hall–Kier alpha value is -1.70. The van der Waals surface area contributed by atoms with Crippen molar-refractivity contribution in [1.29, 1.82) is 0 Å². The minimum atomic E-state index is 0.915. The van der Waals surface area contributed by atoms with Crippen molar-refractivity contribution < 1.29 is 0 Å². The van der Waals surface area contributed by atoms with E-state index in [0.717, 1.165) is 11.4 Å². The first-order chi connectivity index (χ1) is 5.97. The number of nitrogens with zero attached hydrogens (tertiary/aromatic N) is 2. The lowest BCUT2D eigenvalue weighted by atomic mass is 10.2. The van der Waals surface area contributed by atoms with Crippen LogP contribution in [0.3, 0.4) is 0 Å². The molecule has 0 radical (unpaired) electrons. The molecule has 1 aromatic carbocycles. The van der Waals surface area contributed by atoms with Crippen LogP contribution < -0.4 is 0 Å². The molecule has 0 spiro atoms. The quantitative estimate of drug-likeness (QED) is 0.551. The van der Waals surface area contributed by atoms with Crippen LogP contribution in [0.1, 0.15) is 0 Å². The molecule has 0 N–H and O–H groups in total. The summed E-state index contributed by atoms with van der Waals surface area (Å²) >= 11 is 0. The minimum Gasteiger partial charge on any atom is -0.255 e. The molecule has 0 saturated carbocycles. The number of benzene rings is 1. The molecule has 2 nitrogen and oxygen atoms in total. The molecule has 2 rings (SSSR count). The minimum absolute atomic E-state index is 0.915. The van der Waals surface area contributed by atoms with Crippen LogP contribution >= 0.6 is 0 Å². The molecule has 1 heterocycles. The summed E-state index contributed by atoms with van der Waals surface area (Å²) in [6, 6.07) is 7.80. The van der Waals surface area contributed by atoms with Crippen LogP contribution in [0.4, 0.5) is 11.4 Å². The van der Waals surface area contributed by atoms with Crippen LogP contribution in [-0.2, 0) is 0 Å². The van der Waals surface area contributed by atoms with Crippen molar-refractivity contribution in [2.24, 2.45) is 9.98 Å². The summed E-state index contributed by atoms with van der Waals surface area (Å²) in [5.41, 5.74) is 1.83. The van der Waals surface area contributed by atoms with Crippen molar-refractivity contribution in [1.82, 2.24) is 0 Å². The first-order valence-electron chi connectivity index (χ1n) is 3.79. The Kier molecular flexibility index (Phi) is 1.82. The summed E-state index contributed by atoms with van der Waals surface area (Å²) in [5.74, 6) is 0. The van der Waals surface area contributed by atoms with Gasteiger partial charge in [-0.05, 0) is 24.3 Å². The van der Waals surface area contributed by atoms with Gasteiger partial charge >= 0.3 is 0 Å². The van der Waals surface area contributed by atoms with Crippen LogP contribution in [0.15, 0.2) is 46.4 Å². The summed E-state index contributed by atoms with van der Waals surface area (Å²) in [6.07, 6.45) is 7.26. The Morgan fingerprint density at radius 1 is 0.750 bits per heavy atom. The van der Waals surface area contributed by atoms with E-state index in [-0.39, 0.29) is 0 Å². The summed E-state index contributed by atoms with van der Waals surface area (Å²) < 4.78 is 0. The van der Waals surface area contributed by atoms with Gasteiger partial charge in [0, 0.05) is 12.4 Å². The Morgan fingerprint density at radius 2 is 1.25 bits per heavy atom. The molecule has 0 aliphatic carbocycles. The summed E-state index contributed by atoms with van der Waals surface area (Å²) in [5, 5.41) is 0. The maximum Gasteiger partial charge on any atom is 0.0886 e. The molecule has 0 amide bonds. The maximum absolute atomic E-state index is 4.22. The van der Waals surface area contributed by atoms with Gasteiger partial charge in [0.25, 0.3) is 0 Å². The van der Waals surface area contributed by atoms with Crippen LogP contribution in [0.2, 0.25) is 0 Å². The average molecular weight is 156 g/mol. The van der Waals surface area contributed by atoms with Crippen LogP contribution in [0.25, 0.3) is 0 Å². The predicted octanol–water partition coefficient (Wildman–Crippen LogP) is 2.66. The lowest BCUT2D eigenvalue weighted by Crippen LogP contribution is -1.75. The number of para-hydroxylation sites is 2. The lowest BCUT2D eigenvalue weighted by molar-refractivity contribution is 1.46. The van der Waals surface area contributed by atoms with Gasteiger partial charge in [-0.1, -0.05) is 12.1 Å². The van der Waals surface area contributed by atoms with Crippen molar-refractivity contribution in [3.63, 3.8) is 0 Å². The number of allylic oxidation sites excluding steroid dienone is 2. The summed E-state index contributed by atoms with van der Waals surface area (Å²) in [4.78, 5) is 8.44.